The van der Waals surface area contributed by atoms with Crippen LogP contribution in [0.1, 0.15) is 19.8 Å². The number of aliphatic carboxylic acids is 3. The van der Waals surface area contributed by atoms with Crippen LogP contribution in [0, 0.1) is 5.92 Å². The molecule has 1 saturated heterocycles. The second kappa shape index (κ2) is 8.46. The van der Waals surface area contributed by atoms with Gasteiger partial charge < -0.3 is 30.8 Å². The van der Waals surface area contributed by atoms with Gasteiger partial charge in [0.05, 0.1) is 0 Å². The topological polar surface area (TPSA) is 164 Å². The molecule has 1 rings (SSSR count). The van der Waals surface area contributed by atoms with Crippen molar-refractivity contribution >= 4 is 17.9 Å². The van der Waals surface area contributed by atoms with E-state index in [4.69, 9.17) is 25.5 Å². The zero-order valence-corrected chi connectivity index (χ0v) is 10.9. The van der Waals surface area contributed by atoms with E-state index in [2.05, 4.69) is 12.2 Å². The molecule has 1 aliphatic heterocycles. The van der Waals surface area contributed by atoms with E-state index in [1.807, 2.05) is 0 Å². The van der Waals surface area contributed by atoms with Crippen LogP contribution in [0.3, 0.4) is 0 Å². The summed E-state index contributed by atoms with van der Waals surface area (Å²) < 4.78 is 0. The molecular formula is C11H19NO8. The normalized spacial score (nSPS) is 24.8. The molecule has 1 fully saturated rings. The first-order valence-corrected chi connectivity index (χ1v) is 5.94. The van der Waals surface area contributed by atoms with Gasteiger partial charge in [-0.05, 0) is 25.3 Å². The maximum atomic E-state index is 10.4. The molecular weight excluding hydrogens is 274 g/mol. The van der Waals surface area contributed by atoms with Crippen LogP contribution in [0.5, 0.6) is 0 Å². The van der Waals surface area contributed by atoms with E-state index < -0.39 is 30.1 Å². The number of carboxylic acid groups (broad SMARTS) is 3. The predicted molar refractivity (Wildman–Crippen MR) is 65.1 cm³/mol. The molecule has 116 valence electrons. The first-order chi connectivity index (χ1) is 9.16. The Hall–Kier alpha value is -1.71. The van der Waals surface area contributed by atoms with E-state index in [1.165, 1.54) is 0 Å². The third kappa shape index (κ3) is 6.45. The van der Waals surface area contributed by atoms with Crippen LogP contribution in [-0.2, 0) is 14.4 Å². The van der Waals surface area contributed by atoms with Gasteiger partial charge in [-0.2, -0.15) is 0 Å². The van der Waals surface area contributed by atoms with Crippen molar-refractivity contribution in [2.75, 3.05) is 6.54 Å². The van der Waals surface area contributed by atoms with Crippen molar-refractivity contribution in [1.82, 2.24) is 5.32 Å². The highest BCUT2D eigenvalue weighted by Crippen LogP contribution is 2.14. The number of aliphatic hydroxyl groups excluding tert-OH is 2. The highest BCUT2D eigenvalue weighted by molar-refractivity contribution is 5.83. The van der Waals surface area contributed by atoms with Gasteiger partial charge in [0.25, 0.3) is 0 Å². The van der Waals surface area contributed by atoms with E-state index in [9.17, 15) is 14.4 Å². The fourth-order valence-corrected chi connectivity index (χ4v) is 1.57. The lowest BCUT2D eigenvalue weighted by molar-refractivity contribution is -0.165. The minimum absolute atomic E-state index is 0.302. The lowest BCUT2D eigenvalue weighted by atomic mass is 9.94. The Labute approximate surface area is 114 Å². The summed E-state index contributed by atoms with van der Waals surface area (Å²) in [7, 11) is 0. The molecule has 1 aliphatic rings. The van der Waals surface area contributed by atoms with Crippen LogP contribution >= 0.6 is 0 Å². The standard InChI is InChI=1S/C7H13NO2.C4H6O6/c1-5-2-3-8-6(4-5)7(9)10;5-1(3(7)8)2(6)4(9)10/h5-6,8H,2-4H2,1H3,(H,9,10);1-2,5-6H,(H,7,8)(H,9,10)/t5-,6-;/m0./s1. The van der Waals surface area contributed by atoms with E-state index in [1.54, 1.807) is 0 Å². The van der Waals surface area contributed by atoms with Crippen molar-refractivity contribution in [2.45, 2.75) is 38.0 Å². The Bertz CT molecular complexity index is 340. The fourth-order valence-electron chi connectivity index (χ4n) is 1.57. The average molecular weight is 293 g/mol. The van der Waals surface area contributed by atoms with Crippen molar-refractivity contribution in [1.29, 1.82) is 0 Å². The zero-order chi connectivity index (χ0) is 15.9. The molecule has 2 unspecified atom stereocenters. The summed E-state index contributed by atoms with van der Waals surface area (Å²) in [5.41, 5.74) is 0. The zero-order valence-electron chi connectivity index (χ0n) is 10.9. The summed E-state index contributed by atoms with van der Waals surface area (Å²) in [5, 5.41) is 44.1. The van der Waals surface area contributed by atoms with Crippen molar-refractivity contribution in [3.8, 4) is 0 Å². The quantitative estimate of drug-likeness (QED) is 0.355. The number of hydrogen-bond donors (Lipinski definition) is 6. The molecule has 0 aliphatic carbocycles. The van der Waals surface area contributed by atoms with Gasteiger partial charge in [0.15, 0.2) is 12.2 Å². The van der Waals surface area contributed by atoms with Crippen LogP contribution in [0.4, 0.5) is 0 Å². The van der Waals surface area contributed by atoms with Gasteiger partial charge in [-0.15, -0.1) is 0 Å². The maximum absolute atomic E-state index is 10.4. The summed E-state index contributed by atoms with van der Waals surface area (Å²) in [6, 6.07) is -0.302. The minimum atomic E-state index is -2.27. The second-order valence-corrected chi connectivity index (χ2v) is 4.54. The first-order valence-electron chi connectivity index (χ1n) is 5.94. The van der Waals surface area contributed by atoms with Gasteiger partial charge in [-0.25, -0.2) is 9.59 Å². The number of hydrogen-bond acceptors (Lipinski definition) is 6. The third-order valence-corrected chi connectivity index (χ3v) is 2.77. The minimum Gasteiger partial charge on any atom is -0.480 e. The van der Waals surface area contributed by atoms with E-state index >= 15 is 0 Å². The summed E-state index contributed by atoms with van der Waals surface area (Å²) in [6.07, 6.45) is -2.66. The Morgan fingerprint density at radius 3 is 1.75 bits per heavy atom. The summed E-state index contributed by atoms with van der Waals surface area (Å²) in [6.45, 7) is 2.94. The van der Waals surface area contributed by atoms with Crippen LogP contribution in [-0.4, -0.2) is 68.2 Å². The van der Waals surface area contributed by atoms with E-state index in [0.717, 1.165) is 19.4 Å². The third-order valence-electron chi connectivity index (χ3n) is 2.77. The molecule has 6 N–H and O–H groups in total. The number of rotatable bonds is 4. The van der Waals surface area contributed by atoms with Crippen molar-refractivity contribution < 1.29 is 39.9 Å². The number of nitrogens with one attached hydrogen (secondary N) is 1. The molecule has 9 heteroatoms. The average Bonchev–Trinajstić information content (AvgIpc) is 2.37. The molecule has 0 bridgehead atoms. The molecule has 0 aromatic rings. The monoisotopic (exact) mass is 293 g/mol. The van der Waals surface area contributed by atoms with Crippen molar-refractivity contribution in [2.24, 2.45) is 5.92 Å². The van der Waals surface area contributed by atoms with Gasteiger partial charge in [-0.3, -0.25) is 4.79 Å². The summed E-state index contributed by atoms with van der Waals surface area (Å²) in [5.74, 6) is -3.70. The Morgan fingerprint density at radius 1 is 1.05 bits per heavy atom. The molecule has 20 heavy (non-hydrogen) atoms. The lowest BCUT2D eigenvalue weighted by Gasteiger charge is -2.24. The molecule has 4 atom stereocenters. The molecule has 0 saturated carbocycles. The van der Waals surface area contributed by atoms with Gasteiger partial charge >= 0.3 is 17.9 Å². The SMILES string of the molecule is C[C@H]1CCN[C@H](C(=O)O)C1.O=C(O)C(O)C(O)C(=O)O. The molecule has 9 nitrogen and oxygen atoms in total. The van der Waals surface area contributed by atoms with Crippen molar-refractivity contribution in [3.05, 3.63) is 0 Å². The number of piperidine rings is 1. The van der Waals surface area contributed by atoms with E-state index in [0.29, 0.717) is 5.92 Å². The number of carbonyl (C=O) groups is 3. The van der Waals surface area contributed by atoms with Gasteiger partial charge in [-0.1, -0.05) is 6.92 Å². The summed E-state index contributed by atoms with van der Waals surface area (Å²) >= 11 is 0. The molecule has 0 spiro atoms. The molecule has 0 aromatic heterocycles. The van der Waals surface area contributed by atoms with Crippen LogP contribution in [0.15, 0.2) is 0 Å². The fraction of sp³-hybridized carbons (Fsp3) is 0.727. The smallest absolute Gasteiger partial charge is 0.335 e. The Kier molecular flexibility index (Phi) is 7.74. The molecule has 0 radical (unpaired) electrons. The van der Waals surface area contributed by atoms with Crippen molar-refractivity contribution in [3.63, 3.8) is 0 Å². The van der Waals surface area contributed by atoms with E-state index in [-0.39, 0.29) is 6.04 Å². The highest BCUT2D eigenvalue weighted by atomic mass is 16.4. The Morgan fingerprint density at radius 2 is 1.50 bits per heavy atom. The lowest BCUT2D eigenvalue weighted by Crippen LogP contribution is -2.42. The van der Waals surface area contributed by atoms with Crippen LogP contribution in [0.2, 0.25) is 0 Å². The number of aliphatic hydroxyl groups is 2. The number of carboxylic acids is 3. The van der Waals surface area contributed by atoms with Gasteiger partial charge in [0.1, 0.15) is 6.04 Å². The largest absolute Gasteiger partial charge is 0.480 e. The summed E-state index contributed by atoms with van der Waals surface area (Å²) in [4.78, 5) is 30.0. The van der Waals surface area contributed by atoms with Gasteiger partial charge in [0, 0.05) is 0 Å². The van der Waals surface area contributed by atoms with Crippen LogP contribution < -0.4 is 5.32 Å². The molecule has 0 amide bonds. The second-order valence-electron chi connectivity index (χ2n) is 4.54. The van der Waals surface area contributed by atoms with Gasteiger partial charge in [0.2, 0.25) is 0 Å². The van der Waals surface area contributed by atoms with Crippen LogP contribution in [0.25, 0.3) is 0 Å². The maximum Gasteiger partial charge on any atom is 0.335 e. The predicted octanol–water partition coefficient (Wildman–Crippen LogP) is -1.66. The highest BCUT2D eigenvalue weighted by Gasteiger charge is 2.29. The first kappa shape index (κ1) is 18.3. The Balaban J connectivity index is 0.000000361. The molecule has 0 aromatic carbocycles. The molecule has 1 heterocycles.